The van der Waals surface area contributed by atoms with Crippen LogP contribution in [0.15, 0.2) is 0 Å². The van der Waals surface area contributed by atoms with Crippen molar-refractivity contribution in [3.05, 3.63) is 0 Å². The van der Waals surface area contributed by atoms with Crippen LogP contribution in [0.5, 0.6) is 0 Å². The largest absolute Gasteiger partial charge is 0.463 e. The van der Waals surface area contributed by atoms with Crippen LogP contribution in [0.1, 0.15) is 90.4 Å². The molecular weight excluding hydrogens is 304 g/mol. The van der Waals surface area contributed by atoms with Crippen LogP contribution in [0.25, 0.3) is 0 Å². The fourth-order valence-corrected chi connectivity index (χ4v) is 2.73. The number of carbonyl (C=O) groups is 1. The summed E-state index contributed by atoms with van der Waals surface area (Å²) in [4.78, 5) is 10.6. The molecule has 140 valence electrons. The van der Waals surface area contributed by atoms with E-state index in [4.69, 9.17) is 11.2 Å². The van der Waals surface area contributed by atoms with Gasteiger partial charge in [-0.1, -0.05) is 57.8 Å². The fourth-order valence-electron chi connectivity index (χ4n) is 2.73. The van der Waals surface area contributed by atoms with Crippen molar-refractivity contribution < 1.29 is 19.7 Å². The number of rotatable bonds is 16. The number of terminal acetylenes is 1. The van der Waals surface area contributed by atoms with Crippen molar-refractivity contribution in [3.8, 4) is 12.3 Å². The third kappa shape index (κ3) is 17.3. The molecule has 0 unspecified atom stereocenters. The number of hydrogen-bond acceptors (Lipinski definition) is 4. The molecule has 0 aliphatic heterocycles. The van der Waals surface area contributed by atoms with E-state index in [1.807, 2.05) is 0 Å². The van der Waals surface area contributed by atoms with Crippen LogP contribution in [-0.4, -0.2) is 35.0 Å². The zero-order chi connectivity index (χ0) is 18.0. The highest BCUT2D eigenvalue weighted by molar-refractivity contribution is 5.65. The van der Waals surface area contributed by atoms with E-state index in [1.165, 1.54) is 51.9 Å². The van der Waals surface area contributed by atoms with Crippen LogP contribution >= 0.6 is 0 Å². The minimum absolute atomic E-state index is 0.0326. The maximum Gasteiger partial charge on any atom is 0.302 e. The molecule has 0 saturated carbocycles. The van der Waals surface area contributed by atoms with Gasteiger partial charge in [0.2, 0.25) is 0 Å². The summed E-state index contributed by atoms with van der Waals surface area (Å²) in [5.74, 6) is 2.27. The number of hydrogen-bond donors (Lipinski definition) is 2. The lowest BCUT2D eigenvalue weighted by Crippen LogP contribution is -2.23. The summed E-state index contributed by atoms with van der Waals surface area (Å²) in [6.45, 7) is 1.28. The van der Waals surface area contributed by atoms with Crippen molar-refractivity contribution in [1.29, 1.82) is 0 Å². The zero-order valence-electron chi connectivity index (χ0n) is 15.3. The maximum atomic E-state index is 10.6. The summed E-state index contributed by atoms with van der Waals surface area (Å²) < 4.78 is 4.71. The molecule has 0 aromatic heterocycles. The van der Waals surface area contributed by atoms with Gasteiger partial charge < -0.3 is 14.9 Å². The summed E-state index contributed by atoms with van der Waals surface area (Å²) in [7, 11) is 0. The number of unbranched alkanes of at least 4 members (excludes halogenated alkanes) is 10. The molecule has 0 heterocycles. The molecule has 2 N–H and O–H groups in total. The molecule has 0 aromatic carbocycles. The number of ether oxygens (including phenoxy) is 1. The Bertz CT molecular complexity index is 335. The number of aliphatic hydroxyl groups is 2. The molecule has 0 aliphatic rings. The van der Waals surface area contributed by atoms with Gasteiger partial charge in [0.1, 0.15) is 6.61 Å². The van der Waals surface area contributed by atoms with Gasteiger partial charge in [-0.2, -0.15) is 0 Å². The molecule has 0 bridgehead atoms. The second-order valence-corrected chi connectivity index (χ2v) is 6.62. The monoisotopic (exact) mass is 340 g/mol. The molecule has 0 radical (unpaired) electrons. The predicted molar refractivity (Wildman–Crippen MR) is 97.5 cm³/mol. The minimum atomic E-state index is -0.774. The van der Waals surface area contributed by atoms with Gasteiger partial charge in [-0.05, 0) is 12.8 Å². The normalized spacial score (nSPS) is 13.2. The molecule has 4 heteroatoms. The Labute approximate surface area is 148 Å². The van der Waals surface area contributed by atoms with Crippen LogP contribution in [0.4, 0.5) is 0 Å². The summed E-state index contributed by atoms with van der Waals surface area (Å²) in [6, 6.07) is 0. The summed E-state index contributed by atoms with van der Waals surface area (Å²) >= 11 is 0. The van der Waals surface area contributed by atoms with E-state index in [0.29, 0.717) is 6.42 Å². The lowest BCUT2D eigenvalue weighted by atomic mass is 10.0. The minimum Gasteiger partial charge on any atom is -0.463 e. The van der Waals surface area contributed by atoms with Crippen molar-refractivity contribution in [1.82, 2.24) is 0 Å². The number of carbonyl (C=O) groups excluding carboxylic acids is 1. The lowest BCUT2D eigenvalue weighted by Gasteiger charge is -2.15. The molecule has 0 aromatic rings. The first kappa shape index (κ1) is 22.9. The predicted octanol–water partition coefficient (Wildman–Crippen LogP) is 3.98. The molecule has 0 spiro atoms. The number of aliphatic hydroxyl groups excluding tert-OH is 2. The second kappa shape index (κ2) is 16.8. The van der Waals surface area contributed by atoms with Crippen LogP contribution in [0.2, 0.25) is 0 Å². The maximum absolute atomic E-state index is 10.6. The first-order valence-electron chi connectivity index (χ1n) is 9.49. The number of esters is 1. The molecule has 0 aliphatic carbocycles. The second-order valence-electron chi connectivity index (χ2n) is 6.62. The molecule has 24 heavy (non-hydrogen) atoms. The fraction of sp³-hybridized carbons (Fsp3) is 0.850. The van der Waals surface area contributed by atoms with E-state index >= 15 is 0 Å². The highest BCUT2D eigenvalue weighted by Crippen LogP contribution is 2.13. The third-order valence-corrected chi connectivity index (χ3v) is 4.13. The van der Waals surface area contributed by atoms with Gasteiger partial charge in [0.05, 0.1) is 12.2 Å². The summed E-state index contributed by atoms with van der Waals surface area (Å²) in [5.41, 5.74) is 0. The van der Waals surface area contributed by atoms with E-state index < -0.39 is 18.2 Å². The summed E-state index contributed by atoms with van der Waals surface area (Å²) in [5, 5.41) is 19.4. The Morgan fingerprint density at radius 3 is 1.92 bits per heavy atom. The van der Waals surface area contributed by atoms with Crippen LogP contribution < -0.4 is 0 Å². The van der Waals surface area contributed by atoms with Gasteiger partial charge in [0.15, 0.2) is 0 Å². The zero-order valence-corrected chi connectivity index (χ0v) is 15.3. The Kier molecular flexibility index (Phi) is 16.1. The van der Waals surface area contributed by atoms with E-state index in [2.05, 4.69) is 5.92 Å². The van der Waals surface area contributed by atoms with Crippen LogP contribution in [-0.2, 0) is 9.53 Å². The molecular formula is C20H36O4. The van der Waals surface area contributed by atoms with Crippen molar-refractivity contribution in [2.24, 2.45) is 0 Å². The smallest absolute Gasteiger partial charge is 0.302 e. The SMILES string of the molecule is C#CCCCCCCCCCCCC[C@H](O)C[C@H](O)COC(C)=O. The van der Waals surface area contributed by atoms with Crippen LogP contribution in [0, 0.1) is 12.3 Å². The molecule has 0 saturated heterocycles. The molecule has 2 atom stereocenters. The van der Waals surface area contributed by atoms with Gasteiger partial charge >= 0.3 is 5.97 Å². The van der Waals surface area contributed by atoms with E-state index in [0.717, 1.165) is 25.7 Å². The Balaban J connectivity index is 3.28. The van der Waals surface area contributed by atoms with E-state index in [9.17, 15) is 15.0 Å². The van der Waals surface area contributed by atoms with E-state index in [1.54, 1.807) is 0 Å². The molecule has 0 amide bonds. The highest BCUT2D eigenvalue weighted by atomic mass is 16.5. The molecule has 4 nitrogen and oxygen atoms in total. The third-order valence-electron chi connectivity index (χ3n) is 4.13. The Morgan fingerprint density at radius 2 is 1.42 bits per heavy atom. The first-order valence-corrected chi connectivity index (χ1v) is 9.49. The van der Waals surface area contributed by atoms with E-state index in [-0.39, 0.29) is 13.0 Å². The van der Waals surface area contributed by atoms with Gasteiger partial charge in [0.25, 0.3) is 0 Å². The topological polar surface area (TPSA) is 66.8 Å². The standard InChI is InChI=1S/C20H36O4/c1-3-4-5-6-7-8-9-10-11-12-13-14-15-19(22)16-20(23)17-24-18(2)21/h1,19-20,22-23H,4-17H2,2H3/t19-,20-/m0/s1. The van der Waals surface area contributed by atoms with Crippen molar-refractivity contribution in [3.63, 3.8) is 0 Å². The average molecular weight is 341 g/mol. The van der Waals surface area contributed by atoms with Crippen LogP contribution in [0.3, 0.4) is 0 Å². The Morgan fingerprint density at radius 1 is 0.917 bits per heavy atom. The highest BCUT2D eigenvalue weighted by Gasteiger charge is 2.12. The Hall–Kier alpha value is -1.05. The van der Waals surface area contributed by atoms with Crippen molar-refractivity contribution >= 4 is 5.97 Å². The summed E-state index contributed by atoms with van der Waals surface area (Å²) in [6.07, 6.45) is 18.0. The quantitative estimate of drug-likeness (QED) is 0.253. The van der Waals surface area contributed by atoms with Crippen molar-refractivity contribution in [2.45, 2.75) is 103 Å². The molecule has 0 fully saturated rings. The lowest BCUT2D eigenvalue weighted by molar-refractivity contribution is -0.144. The average Bonchev–Trinajstić information content (AvgIpc) is 2.54. The van der Waals surface area contributed by atoms with Gasteiger partial charge in [0, 0.05) is 19.8 Å². The van der Waals surface area contributed by atoms with Gasteiger partial charge in [-0.15, -0.1) is 12.3 Å². The van der Waals surface area contributed by atoms with Gasteiger partial charge in [-0.25, -0.2) is 0 Å². The van der Waals surface area contributed by atoms with Crippen molar-refractivity contribution in [2.75, 3.05) is 6.61 Å². The molecule has 0 rings (SSSR count). The van der Waals surface area contributed by atoms with Gasteiger partial charge in [-0.3, -0.25) is 4.79 Å². The first-order chi connectivity index (χ1) is 11.6.